The van der Waals surface area contributed by atoms with Crippen LogP contribution in [0.25, 0.3) is 21.3 Å². The molecule has 5 rings (SSSR count). The predicted molar refractivity (Wildman–Crippen MR) is 118 cm³/mol. The zero-order valence-corrected chi connectivity index (χ0v) is 17.8. The van der Waals surface area contributed by atoms with Crippen molar-refractivity contribution in [2.75, 3.05) is 26.7 Å². The van der Waals surface area contributed by atoms with Crippen LogP contribution in [0.3, 0.4) is 0 Å². The summed E-state index contributed by atoms with van der Waals surface area (Å²) in [5.74, 6) is 1.31. The van der Waals surface area contributed by atoms with Gasteiger partial charge in [0.25, 0.3) is 5.91 Å². The van der Waals surface area contributed by atoms with Crippen LogP contribution in [0.15, 0.2) is 52.9 Å². The number of oxazole rings is 1. The van der Waals surface area contributed by atoms with Gasteiger partial charge in [-0.15, -0.1) is 11.3 Å². The Morgan fingerprint density at radius 3 is 2.60 bits per heavy atom. The molecular formula is C23H25N4O2S+. The molecule has 2 aromatic heterocycles. The van der Waals surface area contributed by atoms with Crippen LogP contribution in [0.2, 0.25) is 0 Å². The molecule has 1 saturated heterocycles. The van der Waals surface area contributed by atoms with E-state index in [1.54, 1.807) is 11.3 Å². The number of fused-ring (bicyclic) bond motifs is 2. The average molecular weight is 422 g/mol. The molecule has 7 heteroatoms. The van der Waals surface area contributed by atoms with Crippen LogP contribution < -0.4 is 4.90 Å². The first-order valence-electron chi connectivity index (χ1n) is 10.4. The number of benzene rings is 2. The highest BCUT2D eigenvalue weighted by atomic mass is 32.1. The maximum atomic E-state index is 12.8. The minimum Gasteiger partial charge on any atom is -0.440 e. The first kappa shape index (κ1) is 19.2. The van der Waals surface area contributed by atoms with Gasteiger partial charge in [0.1, 0.15) is 17.1 Å². The van der Waals surface area contributed by atoms with Crippen molar-refractivity contribution in [3.63, 3.8) is 0 Å². The van der Waals surface area contributed by atoms with Crippen LogP contribution in [-0.2, 0) is 11.3 Å². The lowest BCUT2D eigenvalue weighted by atomic mass is 9.97. The number of hydrogen-bond donors (Lipinski definition) is 1. The Morgan fingerprint density at radius 2 is 1.83 bits per heavy atom. The molecule has 3 heterocycles. The summed E-state index contributed by atoms with van der Waals surface area (Å²) < 4.78 is 7.14. The smallest absolute Gasteiger partial charge is 0.277 e. The van der Waals surface area contributed by atoms with Gasteiger partial charge in [-0.2, -0.15) is 0 Å². The van der Waals surface area contributed by atoms with E-state index in [9.17, 15) is 4.79 Å². The largest absolute Gasteiger partial charge is 0.440 e. The van der Waals surface area contributed by atoms with E-state index in [4.69, 9.17) is 4.42 Å². The van der Waals surface area contributed by atoms with Gasteiger partial charge in [-0.1, -0.05) is 24.3 Å². The molecule has 0 spiro atoms. The topological polar surface area (TPSA) is 63.7 Å². The first-order chi connectivity index (χ1) is 14.7. The van der Waals surface area contributed by atoms with Crippen molar-refractivity contribution in [1.82, 2.24) is 14.9 Å². The summed E-state index contributed by atoms with van der Waals surface area (Å²) in [4.78, 5) is 25.3. The molecule has 154 valence electrons. The van der Waals surface area contributed by atoms with Gasteiger partial charge in [0.05, 0.1) is 17.3 Å². The number of amides is 1. The summed E-state index contributed by atoms with van der Waals surface area (Å²) in [7, 11) is 2.06. The molecule has 0 aliphatic carbocycles. The average Bonchev–Trinajstić information content (AvgIpc) is 3.37. The molecule has 1 fully saturated rings. The number of nitrogens with one attached hydrogen (secondary N) is 1. The number of nitrogens with zero attached hydrogens (tertiary/aromatic N) is 3. The summed E-state index contributed by atoms with van der Waals surface area (Å²) in [6.07, 6.45) is 1.80. The Morgan fingerprint density at radius 1 is 1.10 bits per heavy atom. The maximum Gasteiger partial charge on any atom is 0.277 e. The summed E-state index contributed by atoms with van der Waals surface area (Å²) in [6.45, 7) is 2.78. The Labute approximate surface area is 179 Å². The van der Waals surface area contributed by atoms with Crippen molar-refractivity contribution >= 4 is 38.6 Å². The van der Waals surface area contributed by atoms with Crippen molar-refractivity contribution in [2.45, 2.75) is 25.3 Å². The molecule has 6 nitrogen and oxygen atoms in total. The van der Waals surface area contributed by atoms with Crippen LogP contribution in [0.1, 0.15) is 29.7 Å². The van der Waals surface area contributed by atoms with Gasteiger partial charge >= 0.3 is 0 Å². The van der Waals surface area contributed by atoms with E-state index in [0.717, 1.165) is 60.0 Å². The molecule has 1 atom stereocenters. The van der Waals surface area contributed by atoms with Gasteiger partial charge in [0, 0.05) is 19.0 Å². The van der Waals surface area contributed by atoms with Crippen molar-refractivity contribution in [3.05, 3.63) is 59.4 Å². The lowest BCUT2D eigenvalue weighted by Crippen LogP contribution is -3.08. The van der Waals surface area contributed by atoms with Crippen molar-refractivity contribution in [1.29, 1.82) is 0 Å². The molecule has 1 amide bonds. The zero-order chi connectivity index (χ0) is 20.5. The second-order valence-corrected chi connectivity index (χ2v) is 9.18. The van der Waals surface area contributed by atoms with Crippen LogP contribution in [0, 0.1) is 0 Å². The summed E-state index contributed by atoms with van der Waals surface area (Å²) in [6, 6.07) is 16.1. The lowest BCUT2D eigenvalue weighted by molar-refractivity contribution is -0.885. The number of quaternary nitrogens is 1. The van der Waals surface area contributed by atoms with Crippen LogP contribution in [-0.4, -0.2) is 47.5 Å². The predicted octanol–water partition coefficient (Wildman–Crippen LogP) is 2.86. The first-order valence-corrected chi connectivity index (χ1v) is 11.3. The van der Waals surface area contributed by atoms with E-state index < -0.39 is 0 Å². The molecule has 1 unspecified atom stereocenters. The maximum absolute atomic E-state index is 12.8. The van der Waals surface area contributed by atoms with Gasteiger partial charge in [-0.25, -0.2) is 9.97 Å². The molecule has 2 aromatic carbocycles. The fraction of sp³-hybridized carbons (Fsp3) is 0.348. The fourth-order valence-electron chi connectivity index (χ4n) is 4.13. The number of aromatic nitrogens is 2. The molecular weight excluding hydrogens is 396 g/mol. The standard InChI is InChI=1S/C23H24N4O2S/c1-26(14-21-24-18-7-3-5-9-20(18)30-21)15-22(28)27-12-10-16(11-13-27)23-25-17-6-2-4-8-19(17)29-23/h2-9,16H,10-15H2,1H3/p+1. The molecule has 1 aliphatic rings. The molecule has 4 aromatic rings. The zero-order valence-electron chi connectivity index (χ0n) is 17.0. The molecule has 1 N–H and O–H groups in total. The normalized spacial score (nSPS) is 16.4. The number of hydrogen-bond acceptors (Lipinski definition) is 5. The van der Waals surface area contributed by atoms with Crippen molar-refractivity contribution in [2.24, 2.45) is 0 Å². The molecule has 0 bridgehead atoms. The highest BCUT2D eigenvalue weighted by molar-refractivity contribution is 7.18. The SMILES string of the molecule is C[NH+](CC(=O)N1CCC(c2nc3ccccc3o2)CC1)Cc1nc2ccccc2s1. The Hall–Kier alpha value is -2.77. The van der Waals surface area contributed by atoms with Gasteiger partial charge in [-0.05, 0) is 37.1 Å². The number of piperidine rings is 1. The van der Waals surface area contributed by atoms with Gasteiger partial charge in [0.15, 0.2) is 18.0 Å². The molecule has 0 radical (unpaired) electrons. The summed E-state index contributed by atoms with van der Waals surface area (Å²) in [5.41, 5.74) is 2.79. The number of para-hydroxylation sites is 3. The van der Waals surface area contributed by atoms with E-state index in [1.807, 2.05) is 47.4 Å². The number of thiazole rings is 1. The van der Waals surface area contributed by atoms with E-state index in [2.05, 4.69) is 23.1 Å². The third kappa shape index (κ3) is 3.95. The molecule has 30 heavy (non-hydrogen) atoms. The minimum absolute atomic E-state index is 0.213. The number of carbonyl (C=O) groups excluding carboxylic acids is 1. The van der Waals surface area contributed by atoms with Crippen LogP contribution in [0.4, 0.5) is 0 Å². The highest BCUT2D eigenvalue weighted by Crippen LogP contribution is 2.29. The number of likely N-dealkylation sites (tertiary alicyclic amines) is 1. The van der Waals surface area contributed by atoms with E-state index in [-0.39, 0.29) is 11.8 Å². The van der Waals surface area contributed by atoms with E-state index in [1.165, 1.54) is 9.60 Å². The molecule has 1 aliphatic heterocycles. The van der Waals surface area contributed by atoms with Crippen LogP contribution >= 0.6 is 11.3 Å². The third-order valence-electron chi connectivity index (χ3n) is 5.75. The van der Waals surface area contributed by atoms with Gasteiger partial charge in [-0.3, -0.25) is 4.79 Å². The van der Waals surface area contributed by atoms with Crippen molar-refractivity contribution < 1.29 is 14.1 Å². The Kier molecular flexibility index (Phi) is 5.23. The monoisotopic (exact) mass is 421 g/mol. The van der Waals surface area contributed by atoms with Crippen molar-refractivity contribution in [3.8, 4) is 0 Å². The minimum atomic E-state index is 0.213. The third-order valence-corrected chi connectivity index (χ3v) is 6.79. The Bertz CT molecular complexity index is 1110. The second-order valence-electron chi connectivity index (χ2n) is 8.06. The van der Waals surface area contributed by atoms with E-state index >= 15 is 0 Å². The summed E-state index contributed by atoms with van der Waals surface area (Å²) >= 11 is 1.71. The quantitative estimate of drug-likeness (QED) is 0.538. The number of rotatable bonds is 5. The van der Waals surface area contributed by atoms with Crippen LogP contribution in [0.5, 0.6) is 0 Å². The lowest BCUT2D eigenvalue weighted by Gasteiger charge is -2.31. The fourth-order valence-corrected chi connectivity index (χ4v) is 5.21. The van der Waals surface area contributed by atoms with Gasteiger partial charge < -0.3 is 14.2 Å². The summed E-state index contributed by atoms with van der Waals surface area (Å²) in [5, 5.41) is 1.08. The number of likely N-dealkylation sites (N-methyl/N-ethyl adjacent to an activating group) is 1. The second kappa shape index (κ2) is 8.16. The van der Waals surface area contributed by atoms with Gasteiger partial charge in [0.2, 0.25) is 0 Å². The highest BCUT2D eigenvalue weighted by Gasteiger charge is 2.28. The Balaban J connectivity index is 1.15. The van der Waals surface area contributed by atoms with E-state index in [0.29, 0.717) is 6.54 Å². The number of carbonyl (C=O) groups is 1. The molecule has 0 saturated carbocycles.